The van der Waals surface area contributed by atoms with E-state index in [2.05, 4.69) is 11.5 Å². The lowest BCUT2D eigenvalue weighted by Crippen LogP contribution is -2.37. The highest BCUT2D eigenvalue weighted by Crippen LogP contribution is 2.23. The van der Waals surface area contributed by atoms with Gasteiger partial charge >= 0.3 is 0 Å². The summed E-state index contributed by atoms with van der Waals surface area (Å²) in [5.41, 5.74) is -0.318. The van der Waals surface area contributed by atoms with Gasteiger partial charge in [0.1, 0.15) is 6.10 Å². The second kappa shape index (κ2) is 3.85. The molecular weight excluding hydrogens is 144 g/mol. The van der Waals surface area contributed by atoms with E-state index in [0.717, 1.165) is 0 Å². The third-order valence-electron chi connectivity index (χ3n) is 1.55. The molecule has 0 spiro atoms. The first kappa shape index (κ1) is 10.6. The van der Waals surface area contributed by atoms with Crippen LogP contribution >= 0.6 is 0 Å². The van der Waals surface area contributed by atoms with Gasteiger partial charge in [-0.1, -0.05) is 26.8 Å². The molecule has 0 radical (unpaired) electrons. The Hall–Kier alpha value is -0.380. The van der Waals surface area contributed by atoms with Crippen molar-refractivity contribution in [2.24, 2.45) is 5.41 Å². The van der Waals surface area contributed by atoms with Crippen LogP contribution in [0.5, 0.6) is 0 Å². The Kier molecular flexibility index (Phi) is 3.72. The van der Waals surface area contributed by atoms with Gasteiger partial charge in [-0.25, -0.2) is 4.89 Å². The van der Waals surface area contributed by atoms with Crippen molar-refractivity contribution in [3.05, 3.63) is 12.7 Å². The Balaban J connectivity index is 4.20. The zero-order chi connectivity index (χ0) is 9.07. The number of aliphatic hydroxyl groups excluding tert-OH is 1. The van der Waals surface area contributed by atoms with Gasteiger partial charge < -0.3 is 5.11 Å². The molecule has 0 rings (SSSR count). The molecule has 66 valence electrons. The number of aliphatic hydroxyl groups is 1. The molecule has 0 heterocycles. The fraction of sp³-hybridized carbons (Fsp3) is 0.750. The molecule has 2 atom stereocenters. The highest BCUT2D eigenvalue weighted by Gasteiger charge is 2.29. The molecule has 2 N–H and O–H groups in total. The van der Waals surface area contributed by atoms with Gasteiger partial charge in [0.05, 0.1) is 6.10 Å². The first-order chi connectivity index (χ1) is 4.93. The largest absolute Gasteiger partial charge is 0.389 e. The fourth-order valence-electron chi connectivity index (χ4n) is 0.722. The highest BCUT2D eigenvalue weighted by molar-refractivity contribution is 4.90. The van der Waals surface area contributed by atoms with Crippen LogP contribution in [0.4, 0.5) is 0 Å². The van der Waals surface area contributed by atoms with Gasteiger partial charge in [0.15, 0.2) is 0 Å². The van der Waals surface area contributed by atoms with E-state index in [9.17, 15) is 5.11 Å². The number of hydrogen-bond donors (Lipinski definition) is 2. The molecule has 0 unspecified atom stereocenters. The Morgan fingerprint density at radius 1 is 1.45 bits per heavy atom. The van der Waals surface area contributed by atoms with Gasteiger partial charge in [0.25, 0.3) is 0 Å². The minimum atomic E-state index is -0.745. The molecule has 0 fully saturated rings. The highest BCUT2D eigenvalue weighted by atomic mass is 17.1. The van der Waals surface area contributed by atoms with Crippen molar-refractivity contribution in [2.45, 2.75) is 33.0 Å². The summed E-state index contributed by atoms with van der Waals surface area (Å²) in [6.07, 6.45) is -0.0874. The fourth-order valence-corrected chi connectivity index (χ4v) is 0.722. The molecule has 0 aliphatic rings. The minimum absolute atomic E-state index is 0.318. The summed E-state index contributed by atoms with van der Waals surface area (Å²) in [4.78, 5) is 4.02. The van der Waals surface area contributed by atoms with Crippen LogP contribution in [-0.2, 0) is 4.89 Å². The van der Waals surface area contributed by atoms with Crippen LogP contribution in [0.1, 0.15) is 20.8 Å². The van der Waals surface area contributed by atoms with Crippen LogP contribution in [0.3, 0.4) is 0 Å². The summed E-state index contributed by atoms with van der Waals surface area (Å²) in [6.45, 7) is 8.98. The molecule has 0 aromatic carbocycles. The molecule has 3 nitrogen and oxygen atoms in total. The molecule has 0 aromatic rings. The maximum Gasteiger partial charge on any atom is 0.137 e. The zero-order valence-corrected chi connectivity index (χ0v) is 7.24. The van der Waals surface area contributed by atoms with E-state index in [4.69, 9.17) is 5.26 Å². The second-order valence-corrected chi connectivity index (χ2v) is 3.62. The number of rotatable bonds is 3. The third kappa shape index (κ3) is 3.01. The van der Waals surface area contributed by atoms with Crippen LogP contribution in [-0.4, -0.2) is 22.6 Å². The monoisotopic (exact) mass is 160 g/mol. The predicted octanol–water partition coefficient (Wildman–Crippen LogP) is 1.44. The molecule has 0 saturated heterocycles. The van der Waals surface area contributed by atoms with E-state index in [1.54, 1.807) is 0 Å². The summed E-state index contributed by atoms with van der Waals surface area (Å²) in [5.74, 6) is 0. The molecule has 0 amide bonds. The maximum absolute atomic E-state index is 9.49. The topological polar surface area (TPSA) is 49.7 Å². The van der Waals surface area contributed by atoms with E-state index in [0.29, 0.717) is 0 Å². The normalized spacial score (nSPS) is 17.5. The first-order valence-electron chi connectivity index (χ1n) is 3.54. The van der Waals surface area contributed by atoms with Gasteiger partial charge in [-0.15, -0.1) is 6.58 Å². The summed E-state index contributed by atoms with van der Waals surface area (Å²) < 4.78 is 0. The standard InChI is InChI=1S/C8H16O3/c1-5-6(11-10)7(9)8(2,3)4/h5-7,9-10H,1H2,2-4H3/t6-,7-/m0/s1. The lowest BCUT2D eigenvalue weighted by atomic mass is 9.86. The van der Waals surface area contributed by atoms with Crippen molar-refractivity contribution < 1.29 is 15.3 Å². The maximum atomic E-state index is 9.49. The lowest BCUT2D eigenvalue weighted by molar-refractivity contribution is -0.290. The van der Waals surface area contributed by atoms with Crippen molar-refractivity contribution in [3.63, 3.8) is 0 Å². The van der Waals surface area contributed by atoms with E-state index in [1.165, 1.54) is 6.08 Å². The van der Waals surface area contributed by atoms with Crippen molar-refractivity contribution in [3.8, 4) is 0 Å². The molecule has 3 heteroatoms. The van der Waals surface area contributed by atoms with Crippen LogP contribution in [0, 0.1) is 5.41 Å². The van der Waals surface area contributed by atoms with Crippen molar-refractivity contribution >= 4 is 0 Å². The van der Waals surface area contributed by atoms with Gasteiger partial charge in [-0.05, 0) is 5.41 Å². The Bertz CT molecular complexity index is 126. The van der Waals surface area contributed by atoms with Gasteiger partial charge in [-0.2, -0.15) is 0 Å². The van der Waals surface area contributed by atoms with Crippen molar-refractivity contribution in [1.29, 1.82) is 0 Å². The lowest BCUT2D eigenvalue weighted by Gasteiger charge is -2.29. The molecule has 11 heavy (non-hydrogen) atoms. The Morgan fingerprint density at radius 3 is 2.00 bits per heavy atom. The average molecular weight is 160 g/mol. The van der Waals surface area contributed by atoms with E-state index in [1.807, 2.05) is 20.8 Å². The van der Waals surface area contributed by atoms with Crippen LogP contribution < -0.4 is 0 Å². The average Bonchev–Trinajstić information content (AvgIpc) is 1.88. The smallest absolute Gasteiger partial charge is 0.137 e. The van der Waals surface area contributed by atoms with Crippen molar-refractivity contribution in [1.82, 2.24) is 0 Å². The quantitative estimate of drug-likeness (QED) is 0.373. The Morgan fingerprint density at radius 2 is 1.91 bits per heavy atom. The van der Waals surface area contributed by atoms with Gasteiger partial charge in [0.2, 0.25) is 0 Å². The van der Waals surface area contributed by atoms with Crippen molar-refractivity contribution in [2.75, 3.05) is 0 Å². The van der Waals surface area contributed by atoms with Crippen LogP contribution in [0.25, 0.3) is 0 Å². The molecule has 0 aliphatic heterocycles. The summed E-state index contributed by atoms with van der Waals surface area (Å²) in [7, 11) is 0. The Labute approximate surface area is 67.2 Å². The first-order valence-corrected chi connectivity index (χ1v) is 3.54. The summed E-state index contributed by atoms with van der Waals surface area (Å²) in [6, 6.07) is 0. The summed E-state index contributed by atoms with van der Waals surface area (Å²) >= 11 is 0. The molecule has 0 bridgehead atoms. The SMILES string of the molecule is C=C[C@H](OO)[C@H](O)C(C)(C)C. The zero-order valence-electron chi connectivity index (χ0n) is 7.24. The van der Waals surface area contributed by atoms with Crippen LogP contribution in [0.15, 0.2) is 12.7 Å². The van der Waals surface area contributed by atoms with E-state index >= 15 is 0 Å². The number of hydrogen-bond acceptors (Lipinski definition) is 3. The molecular formula is C8H16O3. The predicted molar refractivity (Wildman–Crippen MR) is 43.2 cm³/mol. The van der Waals surface area contributed by atoms with E-state index < -0.39 is 12.2 Å². The molecule has 0 aromatic heterocycles. The van der Waals surface area contributed by atoms with Gasteiger partial charge in [-0.3, -0.25) is 5.26 Å². The minimum Gasteiger partial charge on any atom is -0.389 e. The van der Waals surface area contributed by atoms with Crippen LogP contribution in [0.2, 0.25) is 0 Å². The van der Waals surface area contributed by atoms with E-state index in [-0.39, 0.29) is 5.41 Å². The third-order valence-corrected chi connectivity index (χ3v) is 1.55. The summed E-state index contributed by atoms with van der Waals surface area (Å²) in [5, 5.41) is 17.8. The second-order valence-electron chi connectivity index (χ2n) is 3.62. The molecule has 0 aliphatic carbocycles. The molecule has 0 saturated carbocycles. The van der Waals surface area contributed by atoms with Gasteiger partial charge in [0, 0.05) is 0 Å².